The largest absolute Gasteiger partial charge is 0.338 e. The summed E-state index contributed by atoms with van der Waals surface area (Å²) in [4.78, 5) is 22.9. The maximum Gasteiger partial charge on any atom is 0.256 e. The number of para-hydroxylation sites is 1. The van der Waals surface area contributed by atoms with E-state index < -0.39 is 0 Å². The Kier molecular flexibility index (Phi) is 3.34. The maximum absolute atomic E-state index is 12.5. The molecule has 98 valence electrons. The van der Waals surface area contributed by atoms with Crippen LogP contribution in [0.3, 0.4) is 0 Å². The molecule has 3 rings (SSSR count). The smallest absolute Gasteiger partial charge is 0.256 e. The van der Waals surface area contributed by atoms with Crippen molar-refractivity contribution < 1.29 is 4.79 Å². The zero-order valence-electron chi connectivity index (χ0n) is 10.4. The van der Waals surface area contributed by atoms with Crippen molar-refractivity contribution in [3.8, 4) is 0 Å². The second-order valence-corrected chi connectivity index (χ2v) is 5.10. The summed E-state index contributed by atoms with van der Waals surface area (Å²) < 4.78 is 0. The van der Waals surface area contributed by atoms with Crippen molar-refractivity contribution in [2.24, 2.45) is 5.92 Å². The summed E-state index contributed by atoms with van der Waals surface area (Å²) in [6.45, 7) is 1.51. The van der Waals surface area contributed by atoms with Crippen LogP contribution in [-0.4, -0.2) is 39.7 Å². The Balaban J connectivity index is 1.94. The van der Waals surface area contributed by atoms with Gasteiger partial charge in [-0.2, -0.15) is 0 Å². The number of rotatable bonds is 2. The fourth-order valence-corrected chi connectivity index (χ4v) is 2.73. The fourth-order valence-electron chi connectivity index (χ4n) is 2.48. The number of carbonyl (C=O) groups is 1. The molecule has 5 heteroatoms. The first-order valence-corrected chi connectivity index (χ1v) is 6.88. The molecule has 0 spiro atoms. The minimum absolute atomic E-state index is 0.0266. The lowest BCUT2D eigenvalue weighted by atomic mass is 10.1. The third-order valence-electron chi connectivity index (χ3n) is 3.52. The van der Waals surface area contributed by atoms with Crippen molar-refractivity contribution in [2.75, 3.05) is 19.0 Å². The highest BCUT2D eigenvalue weighted by atomic mass is 35.5. The Morgan fingerprint density at radius 1 is 1.37 bits per heavy atom. The van der Waals surface area contributed by atoms with Gasteiger partial charge in [0.05, 0.1) is 11.1 Å². The molecule has 4 nitrogen and oxygen atoms in total. The predicted octanol–water partition coefficient (Wildman–Crippen LogP) is 2.33. The van der Waals surface area contributed by atoms with Gasteiger partial charge in [-0.25, -0.2) is 0 Å². The van der Waals surface area contributed by atoms with Crippen LogP contribution in [0.5, 0.6) is 0 Å². The van der Waals surface area contributed by atoms with Crippen molar-refractivity contribution in [2.45, 2.75) is 6.42 Å². The second-order valence-electron chi connectivity index (χ2n) is 4.79. The summed E-state index contributed by atoms with van der Waals surface area (Å²) in [6.07, 6.45) is 4.23. The molecule has 1 aliphatic heterocycles. The zero-order valence-corrected chi connectivity index (χ0v) is 11.2. The molecular formula is C14H14ClN3O. The number of amides is 1. The van der Waals surface area contributed by atoms with E-state index >= 15 is 0 Å². The van der Waals surface area contributed by atoms with Crippen LogP contribution in [-0.2, 0) is 0 Å². The normalized spacial score (nSPS) is 19.0. The van der Waals surface area contributed by atoms with E-state index in [0.29, 0.717) is 22.9 Å². The lowest BCUT2D eigenvalue weighted by Crippen LogP contribution is -2.29. The van der Waals surface area contributed by atoms with Gasteiger partial charge in [0.25, 0.3) is 5.91 Å². The van der Waals surface area contributed by atoms with E-state index in [9.17, 15) is 4.79 Å². The number of benzene rings is 1. The number of carbonyl (C=O) groups excluding carboxylic acids is 1. The first kappa shape index (κ1) is 12.4. The standard InChI is InChI=1S/C14H14ClN3O/c15-8-10-4-7-18(9-10)14(19)11-2-1-3-12-13(11)17-6-5-16-12/h1-3,5-6,10H,4,7-9H2. The van der Waals surface area contributed by atoms with Gasteiger partial charge in [0.1, 0.15) is 5.52 Å². The fraction of sp³-hybridized carbons (Fsp3) is 0.357. The zero-order chi connectivity index (χ0) is 13.2. The van der Waals surface area contributed by atoms with Gasteiger partial charge in [-0.1, -0.05) is 6.07 Å². The van der Waals surface area contributed by atoms with E-state index in [1.54, 1.807) is 12.4 Å². The average molecular weight is 276 g/mol. The van der Waals surface area contributed by atoms with Gasteiger partial charge >= 0.3 is 0 Å². The lowest BCUT2D eigenvalue weighted by molar-refractivity contribution is 0.0790. The van der Waals surface area contributed by atoms with E-state index in [-0.39, 0.29) is 5.91 Å². The maximum atomic E-state index is 12.5. The van der Waals surface area contributed by atoms with Gasteiger partial charge in [-0.3, -0.25) is 14.8 Å². The Morgan fingerprint density at radius 2 is 2.21 bits per heavy atom. The Bertz CT molecular complexity index is 611. The molecule has 2 aromatic rings. The molecule has 0 bridgehead atoms. The summed E-state index contributed by atoms with van der Waals surface area (Å²) in [5, 5.41) is 0. The molecule has 1 saturated heterocycles. The highest BCUT2D eigenvalue weighted by Crippen LogP contribution is 2.22. The minimum Gasteiger partial charge on any atom is -0.338 e. The molecule has 1 amide bonds. The van der Waals surface area contributed by atoms with Crippen LogP contribution in [0.4, 0.5) is 0 Å². The van der Waals surface area contributed by atoms with E-state index in [1.165, 1.54) is 0 Å². The number of halogens is 1. The molecule has 1 aromatic heterocycles. The third-order valence-corrected chi connectivity index (χ3v) is 3.96. The van der Waals surface area contributed by atoms with Crippen LogP contribution >= 0.6 is 11.6 Å². The molecule has 0 saturated carbocycles. The third kappa shape index (κ3) is 2.28. The molecule has 1 unspecified atom stereocenters. The van der Waals surface area contributed by atoms with E-state index in [0.717, 1.165) is 25.0 Å². The Labute approximate surface area is 116 Å². The molecule has 1 atom stereocenters. The molecule has 0 aliphatic carbocycles. The van der Waals surface area contributed by atoms with Crippen LogP contribution in [0.25, 0.3) is 11.0 Å². The van der Waals surface area contributed by atoms with Crippen molar-refractivity contribution >= 4 is 28.5 Å². The average Bonchev–Trinajstić information content (AvgIpc) is 2.95. The lowest BCUT2D eigenvalue weighted by Gasteiger charge is -2.16. The van der Waals surface area contributed by atoms with Gasteiger partial charge < -0.3 is 4.90 Å². The first-order valence-electron chi connectivity index (χ1n) is 6.34. The van der Waals surface area contributed by atoms with Crippen LogP contribution in [0, 0.1) is 5.92 Å². The van der Waals surface area contributed by atoms with E-state index in [4.69, 9.17) is 11.6 Å². The highest BCUT2D eigenvalue weighted by Gasteiger charge is 2.27. The summed E-state index contributed by atoms with van der Waals surface area (Å²) in [6, 6.07) is 5.53. The molecule has 1 aromatic carbocycles. The van der Waals surface area contributed by atoms with Crippen molar-refractivity contribution in [3.63, 3.8) is 0 Å². The van der Waals surface area contributed by atoms with Crippen molar-refractivity contribution in [1.29, 1.82) is 0 Å². The molecule has 1 fully saturated rings. The molecular weight excluding hydrogens is 262 g/mol. The van der Waals surface area contributed by atoms with Crippen LogP contribution in [0.15, 0.2) is 30.6 Å². The summed E-state index contributed by atoms with van der Waals surface area (Å²) in [5.74, 6) is 1.05. The van der Waals surface area contributed by atoms with Gasteiger partial charge in [-0.15, -0.1) is 11.6 Å². The number of hydrogen-bond acceptors (Lipinski definition) is 3. The molecule has 2 heterocycles. The summed E-state index contributed by atoms with van der Waals surface area (Å²) in [7, 11) is 0. The number of aromatic nitrogens is 2. The van der Waals surface area contributed by atoms with Gasteiger partial charge in [0.2, 0.25) is 0 Å². The van der Waals surface area contributed by atoms with Crippen molar-refractivity contribution in [1.82, 2.24) is 14.9 Å². The second kappa shape index (κ2) is 5.13. The van der Waals surface area contributed by atoms with Crippen LogP contribution < -0.4 is 0 Å². The summed E-state index contributed by atoms with van der Waals surface area (Å²) in [5.41, 5.74) is 2.05. The Hall–Kier alpha value is -1.68. The molecule has 0 radical (unpaired) electrons. The van der Waals surface area contributed by atoms with Gasteiger partial charge in [0, 0.05) is 31.4 Å². The number of fused-ring (bicyclic) bond motifs is 1. The SMILES string of the molecule is O=C(c1cccc2nccnc12)N1CCC(CCl)C1. The predicted molar refractivity (Wildman–Crippen MR) is 74.3 cm³/mol. The number of hydrogen-bond donors (Lipinski definition) is 0. The van der Waals surface area contributed by atoms with Crippen LogP contribution in [0.1, 0.15) is 16.8 Å². The molecule has 1 aliphatic rings. The first-order chi connectivity index (χ1) is 9.29. The van der Waals surface area contributed by atoms with Crippen LogP contribution in [0.2, 0.25) is 0 Å². The topological polar surface area (TPSA) is 46.1 Å². The molecule has 19 heavy (non-hydrogen) atoms. The monoisotopic (exact) mass is 275 g/mol. The number of alkyl halides is 1. The van der Waals surface area contributed by atoms with Gasteiger partial charge in [0.15, 0.2) is 0 Å². The summed E-state index contributed by atoms with van der Waals surface area (Å²) >= 11 is 5.86. The number of likely N-dealkylation sites (tertiary alicyclic amines) is 1. The van der Waals surface area contributed by atoms with E-state index in [2.05, 4.69) is 9.97 Å². The molecule has 0 N–H and O–H groups in total. The quantitative estimate of drug-likeness (QED) is 0.790. The van der Waals surface area contributed by atoms with Gasteiger partial charge in [-0.05, 0) is 24.5 Å². The highest BCUT2D eigenvalue weighted by molar-refractivity contribution is 6.18. The number of nitrogens with zero attached hydrogens (tertiary/aromatic N) is 3. The van der Waals surface area contributed by atoms with Crippen molar-refractivity contribution in [3.05, 3.63) is 36.2 Å². The minimum atomic E-state index is 0.0266. The Morgan fingerprint density at radius 3 is 3.00 bits per heavy atom. The van der Waals surface area contributed by atoms with E-state index in [1.807, 2.05) is 23.1 Å².